The Morgan fingerprint density at radius 1 is 1.48 bits per heavy atom. The van der Waals surface area contributed by atoms with Crippen molar-refractivity contribution in [2.75, 3.05) is 13.7 Å². The maximum absolute atomic E-state index is 12.1. The Bertz CT molecular complexity index is 694. The molecule has 0 aromatic carbocycles. The fraction of sp³-hybridized carbons (Fsp3) is 0.364. The second-order valence-corrected chi connectivity index (χ2v) is 6.83. The first kappa shape index (κ1) is 15.6. The molecule has 0 aliphatic rings. The molecule has 8 nitrogen and oxygen atoms in total. The minimum Gasteiger partial charge on any atom is -0.464 e. The molecular weight excluding hydrogens is 316 g/mol. The number of ether oxygens (including phenoxy) is 1. The van der Waals surface area contributed by atoms with Gasteiger partial charge in [0.1, 0.15) is 5.82 Å². The van der Waals surface area contributed by atoms with Crippen LogP contribution in [-0.2, 0) is 21.2 Å². The Morgan fingerprint density at radius 2 is 2.29 bits per heavy atom. The van der Waals surface area contributed by atoms with Gasteiger partial charge in [-0.05, 0) is 6.42 Å². The summed E-state index contributed by atoms with van der Waals surface area (Å²) in [6.45, 7) is 0.238. The van der Waals surface area contributed by atoms with Crippen LogP contribution in [0.25, 0.3) is 0 Å². The van der Waals surface area contributed by atoms with E-state index in [9.17, 15) is 13.2 Å². The van der Waals surface area contributed by atoms with Gasteiger partial charge in [0.2, 0.25) is 0 Å². The van der Waals surface area contributed by atoms with E-state index in [0.717, 1.165) is 17.2 Å². The molecule has 21 heavy (non-hydrogen) atoms. The Kier molecular flexibility index (Phi) is 5.04. The largest absolute Gasteiger partial charge is 0.464 e. The second kappa shape index (κ2) is 6.78. The second-order valence-electron chi connectivity index (χ2n) is 4.02. The number of H-pyrrole nitrogens is 1. The molecule has 0 saturated carbocycles. The quantitative estimate of drug-likeness (QED) is 0.566. The van der Waals surface area contributed by atoms with Crippen molar-refractivity contribution in [3.05, 3.63) is 29.4 Å². The van der Waals surface area contributed by atoms with Crippen LogP contribution in [0.1, 0.15) is 22.7 Å². The van der Waals surface area contributed by atoms with Crippen molar-refractivity contribution < 1.29 is 17.9 Å². The van der Waals surface area contributed by atoms with Crippen molar-refractivity contribution in [2.45, 2.75) is 17.1 Å². The predicted octanol–water partition coefficient (Wildman–Crippen LogP) is 0.564. The number of thiazole rings is 1. The summed E-state index contributed by atoms with van der Waals surface area (Å²) in [7, 11) is -2.59. The van der Waals surface area contributed by atoms with Crippen LogP contribution in [0.5, 0.6) is 0 Å². The van der Waals surface area contributed by atoms with E-state index in [1.807, 2.05) is 0 Å². The standard InChI is InChI=1S/C11H14N4O4S2/c1-19-10(16)9-11(20-7-14-9)21(17,18)15-4-2-3-8-12-5-6-13-8/h5-7,15H,2-4H2,1H3,(H,12,13). The summed E-state index contributed by atoms with van der Waals surface area (Å²) < 4.78 is 31.1. The van der Waals surface area contributed by atoms with E-state index in [0.29, 0.717) is 12.8 Å². The van der Waals surface area contributed by atoms with Crippen LogP contribution in [0.4, 0.5) is 0 Å². The van der Waals surface area contributed by atoms with Gasteiger partial charge in [-0.1, -0.05) is 0 Å². The number of nitrogens with one attached hydrogen (secondary N) is 2. The molecule has 0 unspecified atom stereocenters. The van der Waals surface area contributed by atoms with Crippen LogP contribution >= 0.6 is 11.3 Å². The van der Waals surface area contributed by atoms with Crippen LogP contribution in [0.15, 0.2) is 22.1 Å². The molecule has 0 bridgehead atoms. The molecule has 2 aromatic heterocycles. The predicted molar refractivity (Wildman–Crippen MR) is 75.6 cm³/mol. The number of hydrogen-bond donors (Lipinski definition) is 2. The van der Waals surface area contributed by atoms with Gasteiger partial charge < -0.3 is 9.72 Å². The smallest absolute Gasteiger partial charge is 0.358 e. The highest BCUT2D eigenvalue weighted by molar-refractivity contribution is 7.91. The molecule has 10 heteroatoms. The van der Waals surface area contributed by atoms with Gasteiger partial charge in [-0.3, -0.25) is 0 Å². The third kappa shape index (κ3) is 3.86. The van der Waals surface area contributed by atoms with Gasteiger partial charge in [-0.15, -0.1) is 11.3 Å². The summed E-state index contributed by atoms with van der Waals surface area (Å²) in [5, 5.41) is 0. The Balaban J connectivity index is 1.95. The van der Waals surface area contributed by atoms with Crippen molar-refractivity contribution in [1.29, 1.82) is 0 Å². The number of rotatable bonds is 7. The molecule has 0 aliphatic heterocycles. The molecule has 0 spiro atoms. The highest BCUT2D eigenvalue weighted by atomic mass is 32.2. The molecule has 0 fully saturated rings. The molecular formula is C11H14N4O4S2. The molecule has 2 heterocycles. The summed E-state index contributed by atoms with van der Waals surface area (Å²) in [6.07, 6.45) is 4.56. The van der Waals surface area contributed by atoms with Gasteiger partial charge >= 0.3 is 5.97 Å². The van der Waals surface area contributed by atoms with Crippen molar-refractivity contribution in [2.24, 2.45) is 0 Å². The van der Waals surface area contributed by atoms with E-state index in [2.05, 4.69) is 24.4 Å². The monoisotopic (exact) mass is 330 g/mol. The van der Waals surface area contributed by atoms with Crippen molar-refractivity contribution >= 4 is 27.3 Å². The Morgan fingerprint density at radius 3 is 2.95 bits per heavy atom. The number of aromatic amines is 1. The minimum atomic E-state index is -3.77. The first-order chi connectivity index (χ1) is 10.0. The number of hydrogen-bond acceptors (Lipinski definition) is 7. The van der Waals surface area contributed by atoms with Crippen LogP contribution in [0.2, 0.25) is 0 Å². The lowest BCUT2D eigenvalue weighted by Gasteiger charge is -2.05. The third-order valence-corrected chi connectivity index (χ3v) is 5.43. The maximum atomic E-state index is 12.1. The number of imidazole rings is 1. The Hall–Kier alpha value is -1.78. The van der Waals surface area contributed by atoms with E-state index in [1.54, 1.807) is 12.4 Å². The fourth-order valence-electron chi connectivity index (χ4n) is 1.62. The lowest BCUT2D eigenvalue weighted by atomic mass is 10.3. The summed E-state index contributed by atoms with van der Waals surface area (Å²) in [6, 6.07) is 0. The first-order valence-corrected chi connectivity index (χ1v) is 8.40. The number of aryl methyl sites for hydroxylation is 1. The summed E-state index contributed by atoms with van der Waals surface area (Å²) in [5.41, 5.74) is 1.10. The van der Waals surface area contributed by atoms with Gasteiger partial charge in [-0.2, -0.15) is 0 Å². The molecule has 0 aliphatic carbocycles. The zero-order valence-electron chi connectivity index (χ0n) is 11.2. The average Bonchev–Trinajstić information content (AvgIpc) is 3.13. The number of esters is 1. The number of carbonyl (C=O) groups excluding carboxylic acids is 1. The normalized spacial score (nSPS) is 11.5. The molecule has 0 radical (unpaired) electrons. The topological polar surface area (TPSA) is 114 Å². The van der Waals surface area contributed by atoms with E-state index in [4.69, 9.17) is 0 Å². The number of aromatic nitrogens is 3. The van der Waals surface area contributed by atoms with Gasteiger partial charge in [0, 0.05) is 25.4 Å². The van der Waals surface area contributed by atoms with Crippen LogP contribution < -0.4 is 4.72 Å². The number of carbonyl (C=O) groups is 1. The summed E-state index contributed by atoms with van der Waals surface area (Å²) in [4.78, 5) is 22.2. The summed E-state index contributed by atoms with van der Waals surface area (Å²) >= 11 is 0.875. The molecule has 2 N–H and O–H groups in total. The fourth-order valence-corrected chi connectivity index (χ4v) is 3.87. The van der Waals surface area contributed by atoms with Crippen LogP contribution in [-0.4, -0.2) is 43.0 Å². The van der Waals surface area contributed by atoms with Crippen LogP contribution in [0.3, 0.4) is 0 Å². The van der Waals surface area contributed by atoms with Gasteiger partial charge in [-0.25, -0.2) is 27.9 Å². The third-order valence-electron chi connectivity index (χ3n) is 2.60. The van der Waals surface area contributed by atoms with Gasteiger partial charge in [0.25, 0.3) is 10.0 Å². The molecule has 0 saturated heterocycles. The van der Waals surface area contributed by atoms with E-state index in [-0.39, 0.29) is 16.4 Å². The number of methoxy groups -OCH3 is 1. The van der Waals surface area contributed by atoms with Crippen LogP contribution in [0, 0.1) is 0 Å². The molecule has 0 amide bonds. The lowest BCUT2D eigenvalue weighted by molar-refractivity contribution is 0.0590. The first-order valence-electron chi connectivity index (χ1n) is 6.04. The van der Waals surface area contributed by atoms with Gasteiger partial charge in [0.05, 0.1) is 12.6 Å². The lowest BCUT2D eigenvalue weighted by Crippen LogP contribution is -2.26. The number of nitrogens with zero attached hydrogens (tertiary/aromatic N) is 2. The van der Waals surface area contributed by atoms with Crippen molar-refractivity contribution in [3.8, 4) is 0 Å². The number of sulfonamides is 1. The SMILES string of the molecule is COC(=O)c1ncsc1S(=O)(=O)NCCCc1ncc[nH]1. The zero-order chi connectivity index (χ0) is 15.3. The van der Waals surface area contributed by atoms with E-state index >= 15 is 0 Å². The maximum Gasteiger partial charge on any atom is 0.358 e. The molecule has 2 aromatic rings. The Labute approximate surface area is 125 Å². The minimum absolute atomic E-state index is 0.132. The van der Waals surface area contributed by atoms with Crippen molar-refractivity contribution in [1.82, 2.24) is 19.7 Å². The van der Waals surface area contributed by atoms with E-state index in [1.165, 1.54) is 12.6 Å². The highest BCUT2D eigenvalue weighted by Crippen LogP contribution is 2.20. The van der Waals surface area contributed by atoms with E-state index < -0.39 is 16.0 Å². The van der Waals surface area contributed by atoms with Gasteiger partial charge in [0.15, 0.2) is 9.90 Å². The van der Waals surface area contributed by atoms with Crippen molar-refractivity contribution in [3.63, 3.8) is 0 Å². The molecule has 114 valence electrons. The average molecular weight is 330 g/mol. The molecule has 0 atom stereocenters. The summed E-state index contributed by atoms with van der Waals surface area (Å²) in [5.74, 6) is 0.0226. The highest BCUT2D eigenvalue weighted by Gasteiger charge is 2.26. The zero-order valence-corrected chi connectivity index (χ0v) is 12.8. The molecule has 2 rings (SSSR count).